The molecule has 0 fully saturated rings. The summed E-state index contributed by atoms with van der Waals surface area (Å²) in [5.41, 5.74) is 8.86. The van der Waals surface area contributed by atoms with Crippen LogP contribution in [0.2, 0.25) is 5.15 Å². The second-order valence-corrected chi connectivity index (χ2v) is 6.68. The lowest BCUT2D eigenvalue weighted by Crippen LogP contribution is -1.91. The second kappa shape index (κ2) is 9.23. The van der Waals surface area contributed by atoms with Crippen LogP contribution in [-0.2, 0) is 28.9 Å². The number of pyridine rings is 2. The zero-order chi connectivity index (χ0) is 19.1. The number of carbonyl (C=O) groups excluding carboxylic acids is 2. The predicted molar refractivity (Wildman–Crippen MR) is 103 cm³/mol. The standard InChI is InChI=1S/C11H13N.C9H8ClN.CO2/c1-3-10-5-4-9-6-8(2)7-11(9)12-10;1-6-4-7-2-3-9(10)11-8(7)5-6;2-1-3/h4-5,7H,3,6H2,1-2H3;2-3,5H,4H2,1H3;. The highest BCUT2D eigenvalue weighted by Crippen LogP contribution is 2.24. The van der Waals surface area contributed by atoms with Crippen LogP contribution < -0.4 is 0 Å². The number of aryl methyl sites for hydroxylation is 1. The molecule has 0 spiro atoms. The smallest absolute Gasteiger partial charge is 0.253 e. The van der Waals surface area contributed by atoms with Gasteiger partial charge in [-0.2, -0.15) is 9.59 Å². The van der Waals surface area contributed by atoms with Crippen LogP contribution >= 0.6 is 11.6 Å². The summed E-state index contributed by atoms with van der Waals surface area (Å²) < 4.78 is 0. The first-order valence-corrected chi connectivity index (χ1v) is 8.82. The molecule has 5 heteroatoms. The van der Waals surface area contributed by atoms with Crippen molar-refractivity contribution in [3.8, 4) is 0 Å². The van der Waals surface area contributed by atoms with Gasteiger partial charge in [-0.05, 0) is 68.5 Å². The summed E-state index contributed by atoms with van der Waals surface area (Å²) in [5, 5.41) is 0.578. The fourth-order valence-corrected chi connectivity index (χ4v) is 3.09. The van der Waals surface area contributed by atoms with E-state index in [9.17, 15) is 0 Å². The van der Waals surface area contributed by atoms with Gasteiger partial charge in [0.2, 0.25) is 0 Å². The molecule has 0 atom stereocenters. The van der Waals surface area contributed by atoms with E-state index >= 15 is 0 Å². The predicted octanol–water partition coefficient (Wildman–Crippen LogP) is 4.71. The highest BCUT2D eigenvalue weighted by Gasteiger charge is 2.11. The molecule has 0 N–H and O–H groups in total. The van der Waals surface area contributed by atoms with Gasteiger partial charge in [0.15, 0.2) is 0 Å². The molecule has 0 aliphatic heterocycles. The molecule has 0 aromatic carbocycles. The van der Waals surface area contributed by atoms with Gasteiger partial charge in [0.1, 0.15) is 5.15 Å². The van der Waals surface area contributed by atoms with Crippen LogP contribution in [-0.4, -0.2) is 16.1 Å². The molecule has 0 saturated carbocycles. The van der Waals surface area contributed by atoms with Gasteiger partial charge in [0, 0.05) is 5.69 Å². The Morgan fingerprint density at radius 2 is 1.42 bits per heavy atom. The van der Waals surface area contributed by atoms with Gasteiger partial charge in [-0.15, -0.1) is 0 Å². The van der Waals surface area contributed by atoms with Crippen LogP contribution in [0.25, 0.3) is 12.2 Å². The highest BCUT2D eigenvalue weighted by molar-refractivity contribution is 6.29. The number of hydrogen-bond acceptors (Lipinski definition) is 4. The van der Waals surface area contributed by atoms with E-state index in [0.29, 0.717) is 5.15 Å². The molecular formula is C21H21ClN2O2. The van der Waals surface area contributed by atoms with Gasteiger partial charge in [-0.25, -0.2) is 4.98 Å². The van der Waals surface area contributed by atoms with Crippen molar-refractivity contribution in [1.29, 1.82) is 0 Å². The lowest BCUT2D eigenvalue weighted by atomic mass is 10.1. The fraction of sp³-hybridized carbons (Fsp3) is 0.286. The quantitative estimate of drug-likeness (QED) is 0.683. The molecule has 2 aliphatic rings. The molecule has 0 unspecified atom stereocenters. The number of fused-ring (bicyclic) bond motifs is 2. The number of hydrogen-bond donors (Lipinski definition) is 0. The normalized spacial score (nSPS) is 13.1. The molecule has 4 nitrogen and oxygen atoms in total. The van der Waals surface area contributed by atoms with E-state index in [2.05, 4.69) is 55.0 Å². The van der Waals surface area contributed by atoms with Gasteiger partial charge in [-0.1, -0.05) is 41.8 Å². The van der Waals surface area contributed by atoms with Crippen molar-refractivity contribution in [2.24, 2.45) is 0 Å². The molecule has 2 aliphatic carbocycles. The molecule has 0 amide bonds. The molecule has 2 aromatic heterocycles. The maximum atomic E-state index is 8.12. The monoisotopic (exact) mass is 368 g/mol. The summed E-state index contributed by atoms with van der Waals surface area (Å²) in [6.45, 7) is 6.41. The summed E-state index contributed by atoms with van der Waals surface area (Å²) in [4.78, 5) is 25.0. The molecule has 0 saturated heterocycles. The Kier molecular flexibility index (Phi) is 7.02. The number of allylic oxidation sites excluding steroid dienone is 2. The van der Waals surface area contributed by atoms with Crippen LogP contribution in [0.15, 0.2) is 35.4 Å². The average Bonchev–Trinajstić information content (AvgIpc) is 3.15. The third-order valence-electron chi connectivity index (χ3n) is 4.12. The summed E-state index contributed by atoms with van der Waals surface area (Å²) in [7, 11) is 0. The Morgan fingerprint density at radius 3 is 1.96 bits per heavy atom. The molecule has 2 heterocycles. The SMILES string of the molecule is CC1=Cc2nc(Cl)ccc2C1.CCc1ccc2c(n1)C=C(C)C2.O=C=O. The summed E-state index contributed by atoms with van der Waals surface area (Å²) in [6, 6.07) is 8.21. The van der Waals surface area contributed by atoms with E-state index in [0.717, 1.165) is 25.0 Å². The first kappa shape index (κ1) is 19.8. The Labute approximate surface area is 158 Å². The minimum atomic E-state index is 0.250. The first-order chi connectivity index (χ1) is 12.5. The molecular weight excluding hydrogens is 348 g/mol. The van der Waals surface area contributed by atoms with Gasteiger partial charge in [0.05, 0.1) is 11.4 Å². The second-order valence-electron chi connectivity index (χ2n) is 6.30. The van der Waals surface area contributed by atoms with Crippen LogP contribution in [0.1, 0.15) is 49.0 Å². The van der Waals surface area contributed by atoms with Crippen LogP contribution in [0.3, 0.4) is 0 Å². The van der Waals surface area contributed by atoms with Gasteiger partial charge in [-0.3, -0.25) is 4.98 Å². The van der Waals surface area contributed by atoms with Crippen LogP contribution in [0.4, 0.5) is 0 Å². The van der Waals surface area contributed by atoms with Crippen LogP contribution in [0, 0.1) is 0 Å². The van der Waals surface area contributed by atoms with Crippen molar-refractivity contribution in [3.05, 3.63) is 68.8 Å². The number of nitrogens with zero attached hydrogens (tertiary/aromatic N) is 2. The molecule has 0 radical (unpaired) electrons. The maximum absolute atomic E-state index is 8.12. The Hall–Kier alpha value is -2.55. The Morgan fingerprint density at radius 1 is 0.923 bits per heavy atom. The first-order valence-electron chi connectivity index (χ1n) is 8.44. The molecule has 26 heavy (non-hydrogen) atoms. The molecule has 2 aromatic rings. The van der Waals surface area contributed by atoms with Gasteiger partial charge >= 0.3 is 6.15 Å². The van der Waals surface area contributed by atoms with E-state index in [1.165, 1.54) is 33.7 Å². The highest BCUT2D eigenvalue weighted by atomic mass is 35.5. The summed E-state index contributed by atoms with van der Waals surface area (Å²) >= 11 is 5.73. The summed E-state index contributed by atoms with van der Waals surface area (Å²) in [5.74, 6) is 0. The number of aromatic nitrogens is 2. The largest absolute Gasteiger partial charge is 0.373 e. The third kappa shape index (κ3) is 5.22. The zero-order valence-corrected chi connectivity index (χ0v) is 15.9. The number of halogens is 1. The third-order valence-corrected chi connectivity index (χ3v) is 4.33. The Bertz CT molecular complexity index is 895. The minimum Gasteiger partial charge on any atom is -0.253 e. The van der Waals surface area contributed by atoms with Crippen molar-refractivity contribution in [1.82, 2.24) is 9.97 Å². The minimum absolute atomic E-state index is 0.250. The van der Waals surface area contributed by atoms with Crippen molar-refractivity contribution >= 4 is 29.9 Å². The summed E-state index contributed by atoms with van der Waals surface area (Å²) in [6.07, 6.45) is 7.67. The topological polar surface area (TPSA) is 59.9 Å². The lowest BCUT2D eigenvalue weighted by Gasteiger charge is -1.99. The fourth-order valence-electron chi connectivity index (χ4n) is 2.94. The van der Waals surface area contributed by atoms with Gasteiger partial charge < -0.3 is 0 Å². The van der Waals surface area contributed by atoms with Crippen molar-refractivity contribution < 1.29 is 9.59 Å². The van der Waals surface area contributed by atoms with E-state index in [1.54, 1.807) is 0 Å². The van der Waals surface area contributed by atoms with Crippen LogP contribution in [0.5, 0.6) is 0 Å². The van der Waals surface area contributed by atoms with E-state index < -0.39 is 0 Å². The van der Waals surface area contributed by atoms with E-state index in [-0.39, 0.29) is 6.15 Å². The zero-order valence-electron chi connectivity index (χ0n) is 15.2. The molecule has 4 rings (SSSR count). The average molecular weight is 369 g/mol. The maximum Gasteiger partial charge on any atom is 0.373 e. The van der Waals surface area contributed by atoms with E-state index in [1.807, 2.05) is 12.1 Å². The van der Waals surface area contributed by atoms with Crippen molar-refractivity contribution in [2.75, 3.05) is 0 Å². The van der Waals surface area contributed by atoms with E-state index in [4.69, 9.17) is 21.2 Å². The molecule has 134 valence electrons. The van der Waals surface area contributed by atoms with Gasteiger partial charge in [0.25, 0.3) is 0 Å². The Balaban J connectivity index is 0.000000163. The number of rotatable bonds is 1. The lowest BCUT2D eigenvalue weighted by molar-refractivity contribution is -0.191. The van der Waals surface area contributed by atoms with Crippen molar-refractivity contribution in [2.45, 2.75) is 40.0 Å². The molecule has 0 bridgehead atoms. The van der Waals surface area contributed by atoms with Crippen molar-refractivity contribution in [3.63, 3.8) is 0 Å².